The fourth-order valence-corrected chi connectivity index (χ4v) is 3.72. The molecule has 2 heteroatoms. The van der Waals surface area contributed by atoms with E-state index in [1.54, 1.807) is 5.56 Å². The summed E-state index contributed by atoms with van der Waals surface area (Å²) >= 11 is 0. The number of nitrogens with one attached hydrogen (secondary N) is 1. The number of hydrogen-bond donors (Lipinski definition) is 1. The molecule has 1 aliphatic rings. The molecule has 0 heterocycles. The number of aryl methyl sites for hydroxylation is 1. The van der Waals surface area contributed by atoms with Crippen LogP contribution in [0.15, 0.2) is 24.3 Å². The molecule has 0 spiro atoms. The van der Waals surface area contributed by atoms with Crippen LogP contribution in [0.5, 0.6) is 0 Å². The van der Waals surface area contributed by atoms with Gasteiger partial charge in [-0.05, 0) is 56.4 Å². The Hall–Kier alpha value is -0.860. The van der Waals surface area contributed by atoms with Crippen molar-refractivity contribution in [2.75, 3.05) is 19.6 Å². The minimum atomic E-state index is 0.491. The Morgan fingerprint density at radius 1 is 1.19 bits per heavy atom. The smallest absolute Gasteiger partial charge is 0.0480 e. The molecule has 0 saturated heterocycles. The highest BCUT2D eigenvalue weighted by Gasteiger charge is 2.30. The summed E-state index contributed by atoms with van der Waals surface area (Å²) in [5.74, 6) is 0. The first-order chi connectivity index (χ1) is 10.3. The summed E-state index contributed by atoms with van der Waals surface area (Å²) in [5.41, 5.74) is 3.09. The molecule has 1 aromatic rings. The van der Waals surface area contributed by atoms with Crippen LogP contribution in [-0.2, 0) is 6.42 Å². The van der Waals surface area contributed by atoms with Crippen molar-refractivity contribution in [3.05, 3.63) is 35.4 Å². The zero-order chi connectivity index (χ0) is 15.1. The van der Waals surface area contributed by atoms with E-state index in [1.165, 1.54) is 44.2 Å². The van der Waals surface area contributed by atoms with Crippen molar-refractivity contribution < 1.29 is 0 Å². The van der Waals surface area contributed by atoms with Crippen LogP contribution < -0.4 is 5.32 Å². The molecule has 2 atom stereocenters. The third kappa shape index (κ3) is 4.08. The van der Waals surface area contributed by atoms with Gasteiger partial charge in [0.05, 0.1) is 0 Å². The van der Waals surface area contributed by atoms with E-state index in [2.05, 4.69) is 55.3 Å². The van der Waals surface area contributed by atoms with Gasteiger partial charge in [0.1, 0.15) is 0 Å². The van der Waals surface area contributed by atoms with Crippen molar-refractivity contribution >= 4 is 0 Å². The van der Waals surface area contributed by atoms with Crippen LogP contribution in [0.3, 0.4) is 0 Å². The largest absolute Gasteiger partial charge is 0.309 e. The molecule has 2 unspecified atom stereocenters. The summed E-state index contributed by atoms with van der Waals surface area (Å²) in [4.78, 5) is 2.71. The second kappa shape index (κ2) is 8.55. The highest BCUT2D eigenvalue weighted by Crippen LogP contribution is 2.32. The number of unbranched alkanes of at least 4 members (excludes halogenated alkanes) is 1. The third-order valence-electron chi connectivity index (χ3n) is 4.82. The Morgan fingerprint density at radius 2 is 2.00 bits per heavy atom. The van der Waals surface area contributed by atoms with Gasteiger partial charge in [0.15, 0.2) is 0 Å². The van der Waals surface area contributed by atoms with Crippen LogP contribution in [0.4, 0.5) is 0 Å². The molecular weight excluding hydrogens is 256 g/mol. The number of benzene rings is 1. The average molecular weight is 288 g/mol. The molecule has 1 N–H and O–H groups in total. The predicted octanol–water partition coefficient (Wildman–Crippen LogP) is 4.16. The normalized spacial score (nSPS) is 22.1. The van der Waals surface area contributed by atoms with Crippen LogP contribution in [0.1, 0.15) is 63.6 Å². The summed E-state index contributed by atoms with van der Waals surface area (Å²) in [7, 11) is 0. The van der Waals surface area contributed by atoms with Gasteiger partial charge in [0.25, 0.3) is 0 Å². The molecule has 1 aliphatic carbocycles. The first kappa shape index (κ1) is 16.5. The van der Waals surface area contributed by atoms with Crippen molar-refractivity contribution in [1.29, 1.82) is 0 Å². The highest BCUT2D eigenvalue weighted by atomic mass is 15.2. The SMILES string of the molecule is CCCCN(CC)C1CCCc2ccccc2C1NCC. The van der Waals surface area contributed by atoms with Crippen molar-refractivity contribution in [1.82, 2.24) is 10.2 Å². The Labute approximate surface area is 130 Å². The van der Waals surface area contributed by atoms with E-state index in [9.17, 15) is 0 Å². The fraction of sp³-hybridized carbons (Fsp3) is 0.684. The van der Waals surface area contributed by atoms with Gasteiger partial charge in [-0.25, -0.2) is 0 Å². The Bertz CT molecular complexity index is 416. The lowest BCUT2D eigenvalue weighted by Gasteiger charge is -2.36. The van der Waals surface area contributed by atoms with Crippen LogP contribution in [0, 0.1) is 0 Å². The molecule has 2 rings (SSSR count). The van der Waals surface area contributed by atoms with E-state index < -0.39 is 0 Å². The zero-order valence-electron chi connectivity index (χ0n) is 14.1. The maximum absolute atomic E-state index is 3.78. The Morgan fingerprint density at radius 3 is 2.71 bits per heavy atom. The standard InChI is InChI=1S/C19H32N2/c1-4-7-15-21(6-3)18-14-10-12-16-11-8-9-13-17(16)19(18)20-5-2/h8-9,11,13,18-20H,4-7,10,12,14-15H2,1-3H3. The van der Waals surface area contributed by atoms with E-state index in [4.69, 9.17) is 0 Å². The van der Waals surface area contributed by atoms with Crippen LogP contribution in [-0.4, -0.2) is 30.6 Å². The third-order valence-corrected chi connectivity index (χ3v) is 4.82. The molecule has 2 nitrogen and oxygen atoms in total. The quantitative estimate of drug-likeness (QED) is 0.758. The van der Waals surface area contributed by atoms with Gasteiger partial charge in [0.2, 0.25) is 0 Å². The minimum absolute atomic E-state index is 0.491. The van der Waals surface area contributed by atoms with Gasteiger partial charge in [0, 0.05) is 12.1 Å². The Kier molecular flexibility index (Phi) is 6.72. The number of likely N-dealkylation sites (N-methyl/N-ethyl adjacent to an activating group) is 2. The summed E-state index contributed by atoms with van der Waals surface area (Å²) in [6.07, 6.45) is 6.45. The first-order valence-electron chi connectivity index (χ1n) is 8.87. The lowest BCUT2D eigenvalue weighted by atomic mass is 9.94. The second-order valence-electron chi connectivity index (χ2n) is 6.18. The molecule has 0 radical (unpaired) electrons. The van der Waals surface area contributed by atoms with Crippen LogP contribution in [0.2, 0.25) is 0 Å². The fourth-order valence-electron chi connectivity index (χ4n) is 3.72. The van der Waals surface area contributed by atoms with Gasteiger partial charge in [-0.3, -0.25) is 4.90 Å². The zero-order valence-corrected chi connectivity index (χ0v) is 14.1. The number of rotatable bonds is 7. The summed E-state index contributed by atoms with van der Waals surface area (Å²) in [5, 5.41) is 3.78. The van der Waals surface area contributed by atoms with Gasteiger partial charge in [-0.2, -0.15) is 0 Å². The van der Waals surface area contributed by atoms with Gasteiger partial charge in [-0.15, -0.1) is 0 Å². The van der Waals surface area contributed by atoms with Gasteiger partial charge in [-0.1, -0.05) is 51.5 Å². The first-order valence-corrected chi connectivity index (χ1v) is 8.87. The maximum atomic E-state index is 3.78. The topological polar surface area (TPSA) is 15.3 Å². The van der Waals surface area contributed by atoms with Crippen molar-refractivity contribution in [3.8, 4) is 0 Å². The minimum Gasteiger partial charge on any atom is -0.309 e. The second-order valence-corrected chi connectivity index (χ2v) is 6.18. The van der Waals surface area contributed by atoms with E-state index in [0.29, 0.717) is 12.1 Å². The van der Waals surface area contributed by atoms with Crippen LogP contribution in [0.25, 0.3) is 0 Å². The highest BCUT2D eigenvalue weighted by molar-refractivity contribution is 5.32. The van der Waals surface area contributed by atoms with Gasteiger partial charge < -0.3 is 5.32 Å². The van der Waals surface area contributed by atoms with Crippen molar-refractivity contribution in [3.63, 3.8) is 0 Å². The number of hydrogen-bond acceptors (Lipinski definition) is 2. The maximum Gasteiger partial charge on any atom is 0.0480 e. The molecule has 0 saturated carbocycles. The molecule has 118 valence electrons. The summed E-state index contributed by atoms with van der Waals surface area (Å²) < 4.78 is 0. The summed E-state index contributed by atoms with van der Waals surface area (Å²) in [6, 6.07) is 10.2. The average Bonchev–Trinajstić information content (AvgIpc) is 2.69. The Balaban J connectivity index is 2.26. The van der Waals surface area contributed by atoms with Crippen molar-refractivity contribution in [2.24, 2.45) is 0 Å². The molecule has 1 aromatic carbocycles. The summed E-state index contributed by atoms with van der Waals surface area (Å²) in [6.45, 7) is 10.3. The van der Waals surface area contributed by atoms with E-state index in [1.807, 2.05) is 0 Å². The van der Waals surface area contributed by atoms with E-state index >= 15 is 0 Å². The van der Waals surface area contributed by atoms with Gasteiger partial charge >= 0.3 is 0 Å². The molecule has 0 bridgehead atoms. The predicted molar refractivity (Wildman–Crippen MR) is 91.7 cm³/mol. The molecule has 0 amide bonds. The molecular formula is C19H32N2. The lowest BCUT2D eigenvalue weighted by molar-refractivity contribution is 0.153. The van der Waals surface area contributed by atoms with Crippen LogP contribution >= 0.6 is 0 Å². The number of nitrogens with zero attached hydrogens (tertiary/aromatic N) is 1. The molecule has 0 fully saturated rings. The lowest BCUT2D eigenvalue weighted by Crippen LogP contribution is -2.45. The van der Waals surface area contributed by atoms with Crippen molar-refractivity contribution in [2.45, 2.75) is 65.0 Å². The monoisotopic (exact) mass is 288 g/mol. The number of fused-ring (bicyclic) bond motifs is 1. The molecule has 21 heavy (non-hydrogen) atoms. The molecule has 0 aromatic heterocycles. The molecule has 0 aliphatic heterocycles. The van der Waals surface area contributed by atoms with E-state index in [-0.39, 0.29) is 0 Å². The van der Waals surface area contributed by atoms with E-state index in [0.717, 1.165) is 13.1 Å².